The molecule has 1 aromatic carbocycles. The van der Waals surface area contributed by atoms with E-state index < -0.39 is 0 Å². The molecule has 2 aromatic rings. The van der Waals surface area contributed by atoms with Gasteiger partial charge in [-0.3, -0.25) is 0 Å². The summed E-state index contributed by atoms with van der Waals surface area (Å²) in [6, 6.07) is 12.6. The smallest absolute Gasteiger partial charge is 0.213 e. The largest absolute Gasteiger partial charge is 0.474 e. The summed E-state index contributed by atoms with van der Waals surface area (Å²) in [7, 11) is 0. The molecule has 1 aromatic heterocycles. The molecule has 0 bridgehead atoms. The molecule has 0 radical (unpaired) electrons. The molecule has 3 heterocycles. The SMILES string of the molecule is Clc1ccc(SN(Cc2ccc(OC3CCOCC3)nc2)C2CCOCC2)cc1. The van der Waals surface area contributed by atoms with Crippen LogP contribution in [0.2, 0.25) is 5.02 Å². The molecule has 2 fully saturated rings. The van der Waals surface area contributed by atoms with Gasteiger partial charge < -0.3 is 14.2 Å². The van der Waals surface area contributed by atoms with Crippen LogP contribution in [0, 0.1) is 0 Å². The van der Waals surface area contributed by atoms with Gasteiger partial charge in [-0.05, 0) is 54.6 Å². The summed E-state index contributed by atoms with van der Waals surface area (Å²) >= 11 is 7.82. The fourth-order valence-corrected chi connectivity index (χ4v) is 4.79. The predicted octanol–water partition coefficient (Wildman–Crippen LogP) is 4.98. The summed E-state index contributed by atoms with van der Waals surface area (Å²) in [6.45, 7) is 3.99. The van der Waals surface area contributed by atoms with Gasteiger partial charge in [0.15, 0.2) is 0 Å². The van der Waals surface area contributed by atoms with Gasteiger partial charge in [0.1, 0.15) is 6.10 Å². The molecular weight excluding hydrogens is 408 g/mol. The maximum atomic E-state index is 6.04. The summed E-state index contributed by atoms with van der Waals surface area (Å²) in [5, 5.41) is 0.760. The van der Waals surface area contributed by atoms with Crippen LogP contribution >= 0.6 is 23.5 Å². The lowest BCUT2D eigenvalue weighted by Gasteiger charge is -2.33. The van der Waals surface area contributed by atoms with Crippen molar-refractivity contribution in [3.63, 3.8) is 0 Å². The summed E-state index contributed by atoms with van der Waals surface area (Å²) < 4.78 is 19.4. The van der Waals surface area contributed by atoms with Crippen LogP contribution in [0.5, 0.6) is 5.88 Å². The average molecular weight is 435 g/mol. The third-order valence-corrected chi connectivity index (χ3v) is 6.62. The van der Waals surface area contributed by atoms with E-state index in [-0.39, 0.29) is 6.10 Å². The van der Waals surface area contributed by atoms with E-state index in [2.05, 4.69) is 27.5 Å². The Labute approximate surface area is 181 Å². The van der Waals surface area contributed by atoms with E-state index in [4.69, 9.17) is 25.8 Å². The Hall–Kier alpha value is -1.31. The Morgan fingerprint density at radius 2 is 1.66 bits per heavy atom. The highest BCUT2D eigenvalue weighted by molar-refractivity contribution is 7.97. The Balaban J connectivity index is 1.41. The Bertz CT molecular complexity index is 748. The van der Waals surface area contributed by atoms with Crippen molar-refractivity contribution in [2.75, 3.05) is 26.4 Å². The highest BCUT2D eigenvalue weighted by Gasteiger charge is 2.23. The van der Waals surface area contributed by atoms with E-state index in [1.165, 1.54) is 10.5 Å². The van der Waals surface area contributed by atoms with Crippen LogP contribution in [-0.4, -0.2) is 47.9 Å². The number of hydrogen-bond donors (Lipinski definition) is 0. The van der Waals surface area contributed by atoms with E-state index in [1.54, 1.807) is 11.9 Å². The summed E-state index contributed by atoms with van der Waals surface area (Å²) in [4.78, 5) is 5.74. The standard InChI is InChI=1S/C22H27ClN2O3S/c23-18-2-4-21(5-3-18)29-25(19-7-11-26-12-8-19)16-17-1-6-22(24-15-17)28-20-9-13-27-14-10-20/h1-6,15,19-20H,7-14,16H2. The quantitative estimate of drug-likeness (QED) is 0.572. The van der Waals surface area contributed by atoms with Crippen molar-refractivity contribution < 1.29 is 14.2 Å². The van der Waals surface area contributed by atoms with E-state index >= 15 is 0 Å². The van der Waals surface area contributed by atoms with Crippen LogP contribution in [0.15, 0.2) is 47.5 Å². The van der Waals surface area contributed by atoms with Crippen molar-refractivity contribution in [2.45, 2.75) is 49.3 Å². The van der Waals surface area contributed by atoms with E-state index in [0.29, 0.717) is 11.9 Å². The Kier molecular flexibility index (Phi) is 7.68. The highest BCUT2D eigenvalue weighted by Crippen LogP contribution is 2.31. The molecular formula is C22H27ClN2O3S. The first-order chi connectivity index (χ1) is 14.3. The normalized spacial score (nSPS) is 18.8. The second-order valence-corrected chi connectivity index (χ2v) is 8.96. The van der Waals surface area contributed by atoms with Crippen molar-refractivity contribution in [1.29, 1.82) is 0 Å². The Morgan fingerprint density at radius 1 is 0.966 bits per heavy atom. The minimum atomic E-state index is 0.210. The molecule has 7 heteroatoms. The molecule has 0 aliphatic carbocycles. The maximum absolute atomic E-state index is 6.04. The number of rotatable bonds is 7. The molecule has 0 unspecified atom stereocenters. The molecule has 2 aliphatic rings. The van der Waals surface area contributed by atoms with E-state index in [1.807, 2.05) is 24.4 Å². The van der Waals surface area contributed by atoms with Crippen LogP contribution in [0.3, 0.4) is 0 Å². The van der Waals surface area contributed by atoms with Crippen molar-refractivity contribution in [3.05, 3.63) is 53.2 Å². The number of nitrogens with zero attached hydrogens (tertiary/aromatic N) is 2. The lowest BCUT2D eigenvalue weighted by Crippen LogP contribution is -2.34. The number of halogens is 1. The molecule has 0 spiro atoms. The van der Waals surface area contributed by atoms with Crippen molar-refractivity contribution in [3.8, 4) is 5.88 Å². The van der Waals surface area contributed by atoms with Gasteiger partial charge in [-0.2, -0.15) is 0 Å². The highest BCUT2D eigenvalue weighted by atomic mass is 35.5. The van der Waals surface area contributed by atoms with E-state index in [9.17, 15) is 0 Å². The number of aromatic nitrogens is 1. The zero-order valence-corrected chi connectivity index (χ0v) is 18.0. The first kappa shape index (κ1) is 20.9. The summed E-state index contributed by atoms with van der Waals surface area (Å²) in [5.41, 5.74) is 1.18. The Morgan fingerprint density at radius 3 is 2.31 bits per heavy atom. The molecule has 0 N–H and O–H groups in total. The number of ether oxygens (including phenoxy) is 3. The van der Waals surface area contributed by atoms with Gasteiger partial charge in [-0.1, -0.05) is 17.7 Å². The molecule has 29 heavy (non-hydrogen) atoms. The second kappa shape index (κ2) is 10.6. The third kappa shape index (κ3) is 6.33. The van der Waals surface area contributed by atoms with Gasteiger partial charge in [-0.25, -0.2) is 9.29 Å². The lowest BCUT2D eigenvalue weighted by atomic mass is 10.1. The molecule has 0 atom stereocenters. The molecule has 2 aliphatic heterocycles. The van der Waals surface area contributed by atoms with Crippen LogP contribution in [0.25, 0.3) is 0 Å². The van der Waals surface area contributed by atoms with Crippen molar-refractivity contribution >= 4 is 23.5 Å². The molecule has 2 saturated heterocycles. The predicted molar refractivity (Wildman–Crippen MR) is 115 cm³/mol. The van der Waals surface area contributed by atoms with Gasteiger partial charge in [0.05, 0.1) is 13.2 Å². The van der Waals surface area contributed by atoms with Gasteiger partial charge in [0.2, 0.25) is 5.88 Å². The zero-order chi connectivity index (χ0) is 19.9. The lowest BCUT2D eigenvalue weighted by molar-refractivity contribution is 0.0237. The van der Waals surface area contributed by atoms with Crippen molar-refractivity contribution in [1.82, 2.24) is 9.29 Å². The third-order valence-electron chi connectivity index (χ3n) is 5.23. The zero-order valence-electron chi connectivity index (χ0n) is 16.5. The van der Waals surface area contributed by atoms with Crippen LogP contribution in [-0.2, 0) is 16.0 Å². The molecule has 0 saturated carbocycles. The summed E-state index contributed by atoms with van der Waals surface area (Å²) in [6.07, 6.45) is 6.08. The minimum absolute atomic E-state index is 0.210. The maximum Gasteiger partial charge on any atom is 0.213 e. The van der Waals surface area contributed by atoms with Crippen LogP contribution in [0.4, 0.5) is 0 Å². The van der Waals surface area contributed by atoms with Crippen LogP contribution < -0.4 is 4.74 Å². The number of pyridine rings is 1. The fraction of sp³-hybridized carbons (Fsp3) is 0.500. The topological polar surface area (TPSA) is 43.8 Å². The van der Waals surface area contributed by atoms with Gasteiger partial charge >= 0.3 is 0 Å². The minimum Gasteiger partial charge on any atom is -0.474 e. The van der Waals surface area contributed by atoms with Gasteiger partial charge in [-0.15, -0.1) is 0 Å². The molecule has 0 amide bonds. The number of hydrogen-bond acceptors (Lipinski definition) is 6. The fourth-order valence-electron chi connectivity index (χ4n) is 3.56. The van der Waals surface area contributed by atoms with Crippen LogP contribution in [0.1, 0.15) is 31.2 Å². The molecule has 5 nitrogen and oxygen atoms in total. The monoisotopic (exact) mass is 434 g/mol. The van der Waals surface area contributed by atoms with Crippen molar-refractivity contribution in [2.24, 2.45) is 0 Å². The molecule has 156 valence electrons. The molecule has 4 rings (SSSR count). The van der Waals surface area contributed by atoms with Gasteiger partial charge in [0, 0.05) is 60.8 Å². The first-order valence-corrected chi connectivity index (χ1v) is 11.4. The first-order valence-electron chi connectivity index (χ1n) is 10.2. The van der Waals surface area contributed by atoms with Gasteiger partial charge in [0.25, 0.3) is 0 Å². The second-order valence-electron chi connectivity index (χ2n) is 7.40. The number of benzene rings is 1. The summed E-state index contributed by atoms with van der Waals surface area (Å²) in [5.74, 6) is 0.698. The average Bonchev–Trinajstić information content (AvgIpc) is 2.77. The van der Waals surface area contributed by atoms with E-state index in [0.717, 1.165) is 63.7 Å².